The molecule has 0 radical (unpaired) electrons. The third kappa shape index (κ3) is 1.60. The normalized spacial score (nSPS) is 10.3. The van der Waals surface area contributed by atoms with Crippen LogP contribution in [0.2, 0.25) is 0 Å². The fourth-order valence-electron chi connectivity index (χ4n) is 1.47. The number of nitrogen functional groups attached to an aromatic ring is 1. The van der Waals surface area contributed by atoms with Crippen LogP contribution in [0.25, 0.3) is 5.82 Å². The molecule has 2 aromatic rings. The Hall–Kier alpha value is -2.37. The monoisotopic (exact) mass is 217 g/mol. The number of pyridine rings is 1. The highest BCUT2D eigenvalue weighted by Gasteiger charge is 2.14. The molecule has 0 saturated heterocycles. The number of aromatic nitrogens is 3. The van der Waals surface area contributed by atoms with Crippen molar-refractivity contribution in [3.05, 3.63) is 35.8 Å². The van der Waals surface area contributed by atoms with E-state index in [2.05, 4.69) is 10.1 Å². The minimum Gasteiger partial charge on any atom is -0.396 e. The lowest BCUT2D eigenvalue weighted by Crippen LogP contribution is -2.17. The molecule has 0 aliphatic rings. The topological polar surface area (TPSA) is 99.8 Å². The van der Waals surface area contributed by atoms with E-state index in [9.17, 15) is 4.79 Å². The first-order chi connectivity index (χ1) is 7.59. The molecule has 0 spiro atoms. The molecule has 6 heteroatoms. The summed E-state index contributed by atoms with van der Waals surface area (Å²) in [5.41, 5.74) is 12.5. The van der Waals surface area contributed by atoms with E-state index in [0.717, 1.165) is 5.56 Å². The largest absolute Gasteiger partial charge is 0.396 e. The Balaban J connectivity index is 2.65. The molecule has 2 rings (SSSR count). The Morgan fingerprint density at radius 1 is 1.50 bits per heavy atom. The number of rotatable bonds is 2. The number of nitrogens with zero attached hydrogens (tertiary/aromatic N) is 3. The summed E-state index contributed by atoms with van der Waals surface area (Å²) in [4.78, 5) is 15.4. The number of aryl methyl sites for hydroxylation is 1. The summed E-state index contributed by atoms with van der Waals surface area (Å²) in [5, 5.41) is 3.99. The Morgan fingerprint density at radius 2 is 2.25 bits per heavy atom. The van der Waals surface area contributed by atoms with Crippen LogP contribution in [0.4, 0.5) is 5.69 Å². The van der Waals surface area contributed by atoms with E-state index in [1.807, 2.05) is 0 Å². The number of nitrogens with two attached hydrogens (primary N) is 2. The zero-order chi connectivity index (χ0) is 11.7. The van der Waals surface area contributed by atoms with Gasteiger partial charge < -0.3 is 11.5 Å². The SMILES string of the molecule is Cc1ccnc(-n2cc(N)cn2)c1C(N)=O. The van der Waals surface area contributed by atoms with Gasteiger partial charge in [-0.05, 0) is 18.6 Å². The van der Waals surface area contributed by atoms with Gasteiger partial charge in [-0.1, -0.05) is 0 Å². The zero-order valence-electron chi connectivity index (χ0n) is 8.71. The summed E-state index contributed by atoms with van der Waals surface area (Å²) in [6.07, 6.45) is 4.65. The van der Waals surface area contributed by atoms with Crippen LogP contribution in [0.1, 0.15) is 15.9 Å². The highest BCUT2D eigenvalue weighted by molar-refractivity contribution is 5.97. The highest BCUT2D eigenvalue weighted by atomic mass is 16.1. The van der Waals surface area contributed by atoms with E-state index in [4.69, 9.17) is 11.5 Å². The number of anilines is 1. The second-order valence-corrected chi connectivity index (χ2v) is 3.41. The summed E-state index contributed by atoms with van der Waals surface area (Å²) in [7, 11) is 0. The minimum absolute atomic E-state index is 0.352. The van der Waals surface area contributed by atoms with Gasteiger partial charge in [-0.3, -0.25) is 4.79 Å². The lowest BCUT2D eigenvalue weighted by atomic mass is 10.1. The maximum absolute atomic E-state index is 11.3. The van der Waals surface area contributed by atoms with E-state index in [1.54, 1.807) is 25.4 Å². The molecule has 1 amide bonds. The number of primary amides is 1. The molecular weight excluding hydrogens is 206 g/mol. The summed E-state index contributed by atoms with van der Waals surface area (Å²) < 4.78 is 1.43. The van der Waals surface area contributed by atoms with Crippen molar-refractivity contribution in [3.8, 4) is 5.82 Å². The van der Waals surface area contributed by atoms with Crippen molar-refractivity contribution >= 4 is 11.6 Å². The highest BCUT2D eigenvalue weighted by Crippen LogP contribution is 2.15. The average Bonchev–Trinajstić information content (AvgIpc) is 2.63. The fourth-order valence-corrected chi connectivity index (χ4v) is 1.47. The smallest absolute Gasteiger partial charge is 0.252 e. The van der Waals surface area contributed by atoms with Gasteiger partial charge in [-0.15, -0.1) is 0 Å². The standard InChI is InChI=1S/C10H11N5O/c1-6-2-3-13-10(8(6)9(12)16)15-5-7(11)4-14-15/h2-5H,11H2,1H3,(H2,12,16). The van der Waals surface area contributed by atoms with Crippen LogP contribution in [0.15, 0.2) is 24.7 Å². The van der Waals surface area contributed by atoms with Crippen molar-refractivity contribution in [1.29, 1.82) is 0 Å². The van der Waals surface area contributed by atoms with Gasteiger partial charge in [0.1, 0.15) is 0 Å². The summed E-state index contributed by atoms with van der Waals surface area (Å²) in [6.45, 7) is 1.79. The van der Waals surface area contributed by atoms with Crippen LogP contribution in [-0.2, 0) is 0 Å². The van der Waals surface area contributed by atoms with E-state index in [0.29, 0.717) is 17.1 Å². The molecule has 0 unspecified atom stereocenters. The lowest BCUT2D eigenvalue weighted by Gasteiger charge is -2.07. The second kappa shape index (κ2) is 3.65. The van der Waals surface area contributed by atoms with Gasteiger partial charge in [0, 0.05) is 6.20 Å². The molecular formula is C10H11N5O. The number of amides is 1. The Morgan fingerprint density at radius 3 is 2.81 bits per heavy atom. The lowest BCUT2D eigenvalue weighted by molar-refractivity contribution is 0.0999. The van der Waals surface area contributed by atoms with E-state index in [1.165, 1.54) is 10.9 Å². The van der Waals surface area contributed by atoms with Crippen molar-refractivity contribution in [2.75, 3.05) is 5.73 Å². The molecule has 0 aliphatic carbocycles. The van der Waals surface area contributed by atoms with Gasteiger partial charge in [0.15, 0.2) is 5.82 Å². The maximum Gasteiger partial charge on any atom is 0.252 e. The molecule has 0 aliphatic heterocycles. The van der Waals surface area contributed by atoms with Gasteiger partial charge in [-0.25, -0.2) is 9.67 Å². The van der Waals surface area contributed by atoms with Gasteiger partial charge >= 0.3 is 0 Å². The van der Waals surface area contributed by atoms with Crippen molar-refractivity contribution in [1.82, 2.24) is 14.8 Å². The van der Waals surface area contributed by atoms with Gasteiger partial charge in [0.2, 0.25) is 0 Å². The number of carbonyl (C=O) groups excluding carboxylic acids is 1. The van der Waals surface area contributed by atoms with Crippen LogP contribution >= 0.6 is 0 Å². The molecule has 0 aromatic carbocycles. The Labute approximate surface area is 91.9 Å². The molecule has 2 aromatic heterocycles. The third-order valence-corrected chi connectivity index (χ3v) is 2.21. The van der Waals surface area contributed by atoms with Crippen LogP contribution in [0, 0.1) is 6.92 Å². The molecule has 0 saturated carbocycles. The van der Waals surface area contributed by atoms with Gasteiger partial charge in [-0.2, -0.15) is 5.10 Å². The second-order valence-electron chi connectivity index (χ2n) is 3.41. The third-order valence-electron chi connectivity index (χ3n) is 2.21. The first kappa shape index (κ1) is 10.2. The first-order valence-electron chi connectivity index (χ1n) is 4.65. The maximum atomic E-state index is 11.3. The molecule has 0 atom stereocenters. The van der Waals surface area contributed by atoms with Crippen LogP contribution < -0.4 is 11.5 Å². The molecule has 16 heavy (non-hydrogen) atoms. The first-order valence-corrected chi connectivity index (χ1v) is 4.65. The van der Waals surface area contributed by atoms with E-state index < -0.39 is 5.91 Å². The van der Waals surface area contributed by atoms with Crippen molar-refractivity contribution in [3.63, 3.8) is 0 Å². The number of hydrogen-bond acceptors (Lipinski definition) is 4. The summed E-state index contributed by atoms with van der Waals surface area (Å²) in [6, 6.07) is 1.72. The van der Waals surface area contributed by atoms with Gasteiger partial charge in [0.25, 0.3) is 5.91 Å². The van der Waals surface area contributed by atoms with Crippen LogP contribution in [0.3, 0.4) is 0 Å². The molecule has 0 bridgehead atoms. The summed E-state index contributed by atoms with van der Waals surface area (Å²) >= 11 is 0. The van der Waals surface area contributed by atoms with E-state index in [-0.39, 0.29) is 0 Å². The van der Waals surface area contributed by atoms with Crippen molar-refractivity contribution in [2.45, 2.75) is 6.92 Å². The summed E-state index contributed by atoms with van der Waals surface area (Å²) in [5.74, 6) is -0.140. The van der Waals surface area contributed by atoms with Crippen LogP contribution in [0.5, 0.6) is 0 Å². The molecule has 4 N–H and O–H groups in total. The minimum atomic E-state index is -0.533. The van der Waals surface area contributed by atoms with Crippen molar-refractivity contribution < 1.29 is 4.79 Å². The van der Waals surface area contributed by atoms with E-state index >= 15 is 0 Å². The predicted octanol–water partition coefficient (Wildman–Crippen LogP) is 0.257. The molecule has 6 nitrogen and oxygen atoms in total. The Bertz CT molecular complexity index is 546. The van der Waals surface area contributed by atoms with Crippen molar-refractivity contribution in [2.24, 2.45) is 5.73 Å². The number of hydrogen-bond donors (Lipinski definition) is 2. The van der Waals surface area contributed by atoms with Crippen LogP contribution in [-0.4, -0.2) is 20.7 Å². The zero-order valence-corrected chi connectivity index (χ0v) is 8.71. The molecule has 82 valence electrons. The fraction of sp³-hybridized carbons (Fsp3) is 0.100. The number of carbonyl (C=O) groups is 1. The average molecular weight is 217 g/mol. The predicted molar refractivity (Wildman–Crippen MR) is 59.0 cm³/mol. The molecule has 2 heterocycles. The Kier molecular flexibility index (Phi) is 2.32. The van der Waals surface area contributed by atoms with Gasteiger partial charge in [0.05, 0.1) is 23.6 Å². The quantitative estimate of drug-likeness (QED) is 0.753. The molecule has 0 fully saturated rings.